The number of anilines is 1. The molecule has 0 fully saturated rings. The molecule has 1 N–H and O–H groups in total. The van der Waals surface area contributed by atoms with Crippen molar-refractivity contribution in [2.45, 2.75) is 26.2 Å². The second-order valence-electron chi connectivity index (χ2n) is 6.15. The lowest BCUT2D eigenvalue weighted by Gasteiger charge is -2.18. The first-order valence-corrected chi connectivity index (χ1v) is 8.82. The van der Waals surface area contributed by atoms with Gasteiger partial charge in [0.2, 0.25) is 0 Å². The van der Waals surface area contributed by atoms with Crippen LogP contribution in [-0.4, -0.2) is 26.1 Å². The first kappa shape index (κ1) is 15.0. The molecule has 7 heteroatoms. The van der Waals surface area contributed by atoms with Gasteiger partial charge in [0.05, 0.1) is 11.3 Å². The maximum atomic E-state index is 12.6. The molecule has 2 aromatic heterocycles. The summed E-state index contributed by atoms with van der Waals surface area (Å²) >= 11 is 1.71. The summed E-state index contributed by atoms with van der Waals surface area (Å²) in [5.74, 6) is 0.683. The Bertz CT molecular complexity index is 854. The Morgan fingerprint density at radius 3 is 2.92 bits per heavy atom. The monoisotopic (exact) mass is 339 g/mol. The van der Waals surface area contributed by atoms with Crippen molar-refractivity contribution >= 4 is 22.9 Å². The molecule has 0 bridgehead atoms. The molecular weight excluding hydrogens is 322 g/mol. The highest BCUT2D eigenvalue weighted by molar-refractivity contribution is 7.10. The molecule has 1 atom stereocenters. The average Bonchev–Trinajstić information content (AvgIpc) is 3.24. The smallest absolute Gasteiger partial charge is 0.256 e. The number of thiophene rings is 1. The number of hydrogen-bond donors (Lipinski definition) is 1. The Labute approximate surface area is 143 Å². The van der Waals surface area contributed by atoms with E-state index >= 15 is 0 Å². The number of tetrazole rings is 1. The summed E-state index contributed by atoms with van der Waals surface area (Å²) in [6, 6.07) is 7.46. The van der Waals surface area contributed by atoms with Crippen LogP contribution in [-0.2, 0) is 12.8 Å². The maximum Gasteiger partial charge on any atom is 0.256 e. The summed E-state index contributed by atoms with van der Waals surface area (Å²) in [6.07, 6.45) is 4.78. The van der Waals surface area contributed by atoms with Gasteiger partial charge in [0.15, 0.2) is 0 Å². The molecule has 0 saturated heterocycles. The largest absolute Gasteiger partial charge is 0.322 e. The van der Waals surface area contributed by atoms with E-state index in [-0.39, 0.29) is 5.91 Å². The fourth-order valence-corrected chi connectivity index (χ4v) is 4.29. The number of nitrogens with one attached hydrogen (secondary N) is 1. The molecule has 0 spiro atoms. The molecule has 1 unspecified atom stereocenters. The Hall–Kier alpha value is -2.54. The number of amides is 1. The van der Waals surface area contributed by atoms with Crippen molar-refractivity contribution in [1.82, 2.24) is 20.2 Å². The lowest BCUT2D eigenvalue weighted by molar-refractivity contribution is 0.102. The van der Waals surface area contributed by atoms with Gasteiger partial charge in [-0.3, -0.25) is 4.79 Å². The van der Waals surface area contributed by atoms with E-state index in [0.29, 0.717) is 5.92 Å². The topological polar surface area (TPSA) is 72.7 Å². The van der Waals surface area contributed by atoms with Crippen molar-refractivity contribution in [3.63, 3.8) is 0 Å². The van der Waals surface area contributed by atoms with Crippen LogP contribution in [0.4, 0.5) is 5.69 Å². The Morgan fingerprint density at radius 1 is 1.33 bits per heavy atom. The van der Waals surface area contributed by atoms with E-state index in [4.69, 9.17) is 0 Å². The normalized spacial score (nSPS) is 16.6. The molecule has 1 amide bonds. The van der Waals surface area contributed by atoms with Crippen molar-refractivity contribution in [3.05, 3.63) is 52.0 Å². The minimum atomic E-state index is -0.0303. The summed E-state index contributed by atoms with van der Waals surface area (Å²) in [7, 11) is 0. The van der Waals surface area contributed by atoms with Crippen molar-refractivity contribution in [3.8, 4) is 5.69 Å². The number of rotatable bonds is 3. The number of carbonyl (C=O) groups is 1. The molecule has 0 radical (unpaired) electrons. The van der Waals surface area contributed by atoms with Crippen LogP contribution in [0.5, 0.6) is 0 Å². The van der Waals surface area contributed by atoms with Gasteiger partial charge < -0.3 is 5.32 Å². The third-order valence-electron chi connectivity index (χ3n) is 4.39. The second kappa shape index (κ2) is 6.16. The Balaban J connectivity index is 1.50. The van der Waals surface area contributed by atoms with E-state index < -0.39 is 0 Å². The van der Waals surface area contributed by atoms with E-state index in [9.17, 15) is 4.79 Å². The van der Waals surface area contributed by atoms with E-state index in [0.717, 1.165) is 36.2 Å². The molecule has 122 valence electrons. The van der Waals surface area contributed by atoms with E-state index in [1.807, 2.05) is 29.6 Å². The Kier molecular flexibility index (Phi) is 3.86. The first-order valence-electron chi connectivity index (χ1n) is 7.94. The second-order valence-corrected chi connectivity index (χ2v) is 7.12. The third kappa shape index (κ3) is 2.82. The molecule has 1 aromatic carbocycles. The predicted molar refractivity (Wildman–Crippen MR) is 92.6 cm³/mol. The van der Waals surface area contributed by atoms with E-state index in [1.54, 1.807) is 16.0 Å². The molecule has 1 aliphatic carbocycles. The quantitative estimate of drug-likeness (QED) is 0.796. The summed E-state index contributed by atoms with van der Waals surface area (Å²) in [5, 5.41) is 16.0. The van der Waals surface area contributed by atoms with Crippen LogP contribution >= 0.6 is 11.3 Å². The highest BCUT2D eigenvalue weighted by Gasteiger charge is 2.23. The van der Waals surface area contributed by atoms with Gasteiger partial charge in [-0.05, 0) is 65.4 Å². The van der Waals surface area contributed by atoms with E-state index in [2.05, 4.69) is 27.8 Å². The van der Waals surface area contributed by atoms with Crippen LogP contribution in [0.25, 0.3) is 5.69 Å². The predicted octanol–water partition coefficient (Wildman–Crippen LogP) is 3.10. The van der Waals surface area contributed by atoms with Gasteiger partial charge in [0, 0.05) is 15.9 Å². The van der Waals surface area contributed by atoms with Crippen LogP contribution < -0.4 is 5.32 Å². The summed E-state index contributed by atoms with van der Waals surface area (Å²) in [4.78, 5) is 14.0. The van der Waals surface area contributed by atoms with Crippen molar-refractivity contribution in [2.24, 2.45) is 5.92 Å². The molecule has 4 rings (SSSR count). The number of nitrogens with zero attached hydrogens (tertiary/aromatic N) is 4. The van der Waals surface area contributed by atoms with E-state index in [1.165, 1.54) is 16.8 Å². The molecule has 2 heterocycles. The van der Waals surface area contributed by atoms with Gasteiger partial charge in [-0.25, -0.2) is 4.68 Å². The molecule has 0 saturated carbocycles. The van der Waals surface area contributed by atoms with Crippen LogP contribution in [0.15, 0.2) is 36.0 Å². The zero-order valence-corrected chi connectivity index (χ0v) is 14.1. The summed E-state index contributed by atoms with van der Waals surface area (Å²) in [5.41, 5.74) is 3.67. The highest BCUT2D eigenvalue weighted by Crippen LogP contribution is 2.33. The van der Waals surface area contributed by atoms with Gasteiger partial charge in [0.1, 0.15) is 6.33 Å². The molecule has 3 aromatic rings. The van der Waals surface area contributed by atoms with Gasteiger partial charge >= 0.3 is 0 Å². The van der Waals surface area contributed by atoms with Gasteiger partial charge in [-0.1, -0.05) is 6.92 Å². The van der Waals surface area contributed by atoms with Gasteiger partial charge in [0.25, 0.3) is 5.91 Å². The number of benzene rings is 1. The fraction of sp³-hybridized carbons (Fsp3) is 0.294. The zero-order chi connectivity index (χ0) is 16.5. The van der Waals surface area contributed by atoms with Gasteiger partial charge in [-0.2, -0.15) is 0 Å². The number of hydrogen-bond acceptors (Lipinski definition) is 5. The molecule has 0 aliphatic heterocycles. The summed E-state index contributed by atoms with van der Waals surface area (Å²) in [6.45, 7) is 2.27. The minimum absolute atomic E-state index is 0.0303. The lowest BCUT2D eigenvalue weighted by Crippen LogP contribution is -2.16. The van der Waals surface area contributed by atoms with Gasteiger partial charge in [-0.15, -0.1) is 16.4 Å². The standard InChI is InChI=1S/C17H17N5OS/c1-11-2-7-14-15(9-24-16(14)8-11)17(23)19-12-3-5-13(6-4-12)22-10-18-20-21-22/h3-6,9-11H,2,7-8H2,1H3,(H,19,23). The number of carbonyl (C=O) groups excluding carboxylic acids is 1. The van der Waals surface area contributed by atoms with Crippen LogP contribution in [0, 0.1) is 5.92 Å². The van der Waals surface area contributed by atoms with Crippen molar-refractivity contribution in [1.29, 1.82) is 0 Å². The third-order valence-corrected chi connectivity index (χ3v) is 5.44. The SMILES string of the molecule is CC1CCc2c(C(=O)Nc3ccc(-n4cnnn4)cc3)csc2C1. The van der Waals surface area contributed by atoms with Crippen molar-refractivity contribution in [2.75, 3.05) is 5.32 Å². The minimum Gasteiger partial charge on any atom is -0.322 e. The van der Waals surface area contributed by atoms with Crippen LogP contribution in [0.3, 0.4) is 0 Å². The van der Waals surface area contributed by atoms with Crippen LogP contribution in [0.2, 0.25) is 0 Å². The Morgan fingerprint density at radius 2 is 2.17 bits per heavy atom. The average molecular weight is 339 g/mol. The highest BCUT2D eigenvalue weighted by atomic mass is 32.1. The maximum absolute atomic E-state index is 12.6. The molecule has 6 nitrogen and oxygen atoms in total. The molecule has 1 aliphatic rings. The van der Waals surface area contributed by atoms with Crippen LogP contribution in [0.1, 0.15) is 34.1 Å². The fourth-order valence-electron chi connectivity index (χ4n) is 3.04. The lowest BCUT2D eigenvalue weighted by atomic mass is 9.88. The number of aromatic nitrogens is 4. The molecular formula is C17H17N5OS. The molecule has 24 heavy (non-hydrogen) atoms. The number of fused-ring (bicyclic) bond motifs is 1. The zero-order valence-electron chi connectivity index (χ0n) is 13.3. The first-order chi connectivity index (χ1) is 11.7. The van der Waals surface area contributed by atoms with Crippen molar-refractivity contribution < 1.29 is 4.79 Å². The summed E-state index contributed by atoms with van der Waals surface area (Å²) < 4.78 is 1.57.